The second kappa shape index (κ2) is 12.6. The highest BCUT2D eigenvalue weighted by atomic mass is 19.4. The van der Waals surface area contributed by atoms with Gasteiger partial charge in [-0.2, -0.15) is 26.3 Å². The minimum absolute atomic E-state index is 0.00151. The third kappa shape index (κ3) is 8.61. The summed E-state index contributed by atoms with van der Waals surface area (Å²) in [5.41, 5.74) is 0.204. The van der Waals surface area contributed by atoms with Gasteiger partial charge in [0.2, 0.25) is 5.91 Å². The number of hydrogen-bond acceptors (Lipinski definition) is 5. The van der Waals surface area contributed by atoms with Crippen LogP contribution in [0.15, 0.2) is 42.3 Å². The van der Waals surface area contributed by atoms with Gasteiger partial charge >= 0.3 is 12.4 Å². The van der Waals surface area contributed by atoms with Gasteiger partial charge in [-0.05, 0) is 63.3 Å². The molecule has 6 nitrogen and oxygen atoms in total. The van der Waals surface area contributed by atoms with E-state index in [9.17, 15) is 31.1 Å². The molecular weight excluding hydrogens is 524 g/mol. The maximum atomic E-state index is 12.9. The minimum Gasteiger partial charge on any atom is -0.382 e. The maximum absolute atomic E-state index is 12.9. The number of anilines is 1. The lowest BCUT2D eigenvalue weighted by atomic mass is 9.97. The number of likely N-dealkylation sites (tertiary alicyclic amines) is 2. The molecular formula is C27H35F6N5O. The van der Waals surface area contributed by atoms with Crippen LogP contribution in [0.1, 0.15) is 50.6 Å². The fraction of sp³-hybridized carbons (Fsp3) is 0.630. The van der Waals surface area contributed by atoms with E-state index in [0.29, 0.717) is 38.0 Å². The molecule has 2 N–H and O–H groups in total. The van der Waals surface area contributed by atoms with Gasteiger partial charge in [0.1, 0.15) is 5.69 Å². The molecule has 1 aromatic heterocycles. The molecule has 2 saturated heterocycles. The van der Waals surface area contributed by atoms with Crippen LogP contribution in [-0.2, 0) is 11.0 Å². The molecule has 1 unspecified atom stereocenters. The number of aromatic nitrogens is 1. The van der Waals surface area contributed by atoms with E-state index >= 15 is 0 Å². The number of alkyl halides is 6. The number of hydrogen-bond donors (Lipinski definition) is 2. The SMILES string of the molecule is O=C(CCCN1CCC(NC2=CCC(C(F)(F)F)C=C2)CC1)N1CCC(Nc2ccnc(C(F)(F)F)c2)CC1. The van der Waals surface area contributed by atoms with E-state index in [1.807, 2.05) is 4.90 Å². The predicted molar refractivity (Wildman–Crippen MR) is 136 cm³/mol. The first-order valence-electron chi connectivity index (χ1n) is 13.5. The zero-order chi connectivity index (χ0) is 28.0. The van der Waals surface area contributed by atoms with Gasteiger partial charge < -0.3 is 20.4 Å². The highest BCUT2D eigenvalue weighted by Crippen LogP contribution is 2.33. The van der Waals surface area contributed by atoms with Crippen LogP contribution in [0.5, 0.6) is 0 Å². The normalized spacial score (nSPS) is 22.1. The number of carbonyl (C=O) groups is 1. The third-order valence-electron chi connectivity index (χ3n) is 7.61. The molecule has 2 aliphatic heterocycles. The Morgan fingerprint density at radius 3 is 2.26 bits per heavy atom. The van der Waals surface area contributed by atoms with Crippen LogP contribution in [0.2, 0.25) is 0 Å². The molecule has 3 heterocycles. The van der Waals surface area contributed by atoms with Gasteiger partial charge in [0.25, 0.3) is 0 Å². The van der Waals surface area contributed by atoms with Crippen molar-refractivity contribution in [2.75, 3.05) is 38.0 Å². The van der Waals surface area contributed by atoms with E-state index in [2.05, 4.69) is 20.5 Å². The molecule has 1 aromatic rings. The largest absolute Gasteiger partial charge is 0.433 e. The molecule has 39 heavy (non-hydrogen) atoms. The Labute approximate surface area is 224 Å². The van der Waals surface area contributed by atoms with Crippen molar-refractivity contribution >= 4 is 11.6 Å². The topological polar surface area (TPSA) is 60.5 Å². The third-order valence-corrected chi connectivity index (χ3v) is 7.61. The Morgan fingerprint density at radius 2 is 1.64 bits per heavy atom. The predicted octanol–water partition coefficient (Wildman–Crippen LogP) is 5.36. The summed E-state index contributed by atoms with van der Waals surface area (Å²) in [7, 11) is 0. The summed E-state index contributed by atoms with van der Waals surface area (Å²) < 4.78 is 77.0. The van der Waals surface area contributed by atoms with Crippen molar-refractivity contribution in [3.8, 4) is 0 Å². The van der Waals surface area contributed by atoms with Crippen LogP contribution >= 0.6 is 0 Å². The summed E-state index contributed by atoms with van der Waals surface area (Å²) in [6.45, 7) is 3.69. The summed E-state index contributed by atoms with van der Waals surface area (Å²) in [5.74, 6) is -1.31. The van der Waals surface area contributed by atoms with Crippen LogP contribution in [0.4, 0.5) is 32.0 Å². The second-order valence-corrected chi connectivity index (χ2v) is 10.5. The number of piperidine rings is 2. The van der Waals surface area contributed by atoms with Gasteiger partial charge in [0, 0.05) is 62.3 Å². The molecule has 1 amide bonds. The van der Waals surface area contributed by atoms with E-state index < -0.39 is 24.0 Å². The first kappa shape index (κ1) is 29.2. The van der Waals surface area contributed by atoms with E-state index in [4.69, 9.17) is 0 Å². The number of pyridine rings is 1. The number of nitrogens with zero attached hydrogens (tertiary/aromatic N) is 3. The Bertz CT molecular complexity index is 1020. The molecule has 1 aliphatic carbocycles. The smallest absolute Gasteiger partial charge is 0.382 e. The Hall–Kier alpha value is -2.76. The van der Waals surface area contributed by atoms with Crippen molar-refractivity contribution in [3.63, 3.8) is 0 Å². The molecule has 216 valence electrons. The van der Waals surface area contributed by atoms with Crippen molar-refractivity contribution in [1.82, 2.24) is 20.1 Å². The molecule has 0 aromatic carbocycles. The summed E-state index contributed by atoms with van der Waals surface area (Å²) in [6.07, 6.45) is 1.12. The minimum atomic E-state index is -4.49. The molecule has 0 radical (unpaired) electrons. The molecule has 0 spiro atoms. The Morgan fingerprint density at radius 1 is 0.974 bits per heavy atom. The van der Waals surface area contributed by atoms with Crippen LogP contribution in [0.25, 0.3) is 0 Å². The van der Waals surface area contributed by atoms with Crippen molar-refractivity contribution in [3.05, 3.63) is 47.9 Å². The molecule has 2 fully saturated rings. The standard InChI is InChI=1S/C27H35F6N5O/c28-26(29,30)19-3-5-20(6-4-19)35-21-8-14-37(15-9-21)13-1-2-25(39)38-16-10-22(11-17-38)36-23-7-12-34-24(18-23)27(31,32)33/h3,5-7,12,18-19,21-22,35H,1-2,4,8-11,13-17H2,(H,34,36). The summed E-state index contributed by atoms with van der Waals surface area (Å²) in [6, 6.07) is 2.75. The first-order valence-corrected chi connectivity index (χ1v) is 13.5. The molecule has 0 saturated carbocycles. The molecule has 4 rings (SSSR count). The average molecular weight is 560 g/mol. The molecule has 1 atom stereocenters. The highest BCUT2D eigenvalue weighted by molar-refractivity contribution is 5.76. The molecule has 0 bridgehead atoms. The average Bonchev–Trinajstić information content (AvgIpc) is 2.89. The number of allylic oxidation sites excluding steroid dienone is 3. The van der Waals surface area contributed by atoms with Crippen LogP contribution < -0.4 is 10.6 Å². The second-order valence-electron chi connectivity index (χ2n) is 10.5. The Kier molecular flexibility index (Phi) is 9.45. The summed E-state index contributed by atoms with van der Waals surface area (Å²) in [5, 5.41) is 6.49. The zero-order valence-corrected chi connectivity index (χ0v) is 21.7. The van der Waals surface area contributed by atoms with E-state index in [0.717, 1.165) is 56.9 Å². The summed E-state index contributed by atoms with van der Waals surface area (Å²) in [4.78, 5) is 20.2. The number of nitrogens with one attached hydrogen (secondary N) is 2. The number of amides is 1. The van der Waals surface area contributed by atoms with Gasteiger partial charge in [-0.25, -0.2) is 0 Å². The monoisotopic (exact) mass is 559 g/mol. The fourth-order valence-corrected chi connectivity index (χ4v) is 5.30. The lowest BCUT2D eigenvalue weighted by molar-refractivity contribution is -0.160. The van der Waals surface area contributed by atoms with E-state index in [1.165, 1.54) is 18.2 Å². The maximum Gasteiger partial charge on any atom is 0.433 e. The van der Waals surface area contributed by atoms with Gasteiger partial charge in [0.05, 0.1) is 5.92 Å². The zero-order valence-electron chi connectivity index (χ0n) is 21.7. The van der Waals surface area contributed by atoms with Crippen LogP contribution in [-0.4, -0.2) is 71.7 Å². The van der Waals surface area contributed by atoms with Gasteiger partial charge in [0.15, 0.2) is 0 Å². The summed E-state index contributed by atoms with van der Waals surface area (Å²) >= 11 is 0. The molecule has 12 heteroatoms. The quantitative estimate of drug-likeness (QED) is 0.420. The van der Waals surface area contributed by atoms with Crippen LogP contribution in [0, 0.1) is 5.92 Å². The number of rotatable bonds is 8. The lowest BCUT2D eigenvalue weighted by Gasteiger charge is -2.34. The van der Waals surface area contributed by atoms with Crippen molar-refractivity contribution < 1.29 is 31.1 Å². The van der Waals surface area contributed by atoms with Crippen LogP contribution in [0.3, 0.4) is 0 Å². The van der Waals surface area contributed by atoms with Crippen molar-refractivity contribution in [2.24, 2.45) is 5.92 Å². The van der Waals surface area contributed by atoms with Crippen molar-refractivity contribution in [1.29, 1.82) is 0 Å². The first-order chi connectivity index (χ1) is 18.5. The van der Waals surface area contributed by atoms with Gasteiger partial charge in [-0.1, -0.05) is 12.2 Å². The van der Waals surface area contributed by atoms with Gasteiger partial charge in [-0.3, -0.25) is 9.78 Å². The fourth-order valence-electron chi connectivity index (χ4n) is 5.30. The van der Waals surface area contributed by atoms with Gasteiger partial charge in [-0.15, -0.1) is 0 Å². The number of carbonyl (C=O) groups excluding carboxylic acids is 1. The lowest BCUT2D eigenvalue weighted by Crippen LogP contribution is -2.43. The molecule has 3 aliphatic rings. The van der Waals surface area contributed by atoms with Crippen molar-refractivity contribution in [2.45, 2.75) is 69.4 Å². The van der Waals surface area contributed by atoms with E-state index in [-0.39, 0.29) is 24.4 Å². The Balaban J connectivity index is 1.09. The van der Waals surface area contributed by atoms with E-state index in [1.54, 1.807) is 6.08 Å². The highest BCUT2D eigenvalue weighted by Gasteiger charge is 2.38. The number of halogens is 6.